The third-order valence-electron chi connectivity index (χ3n) is 9.99. The quantitative estimate of drug-likeness (QED) is 0.452. The first-order chi connectivity index (χ1) is 20.9. The summed E-state index contributed by atoms with van der Waals surface area (Å²) in [5.74, 6) is 1.45. The zero-order valence-corrected chi connectivity index (χ0v) is 25.2. The monoisotopic (exact) mass is 584 g/mol. The Hall–Kier alpha value is -3.97. The number of fused-ring (bicyclic) bond motifs is 2. The van der Waals surface area contributed by atoms with Crippen LogP contribution in [-0.4, -0.2) is 90.5 Å². The molecule has 43 heavy (non-hydrogen) atoms. The number of nitriles is 1. The van der Waals surface area contributed by atoms with E-state index in [0.29, 0.717) is 50.6 Å². The molecule has 0 saturated carbocycles. The summed E-state index contributed by atoms with van der Waals surface area (Å²) < 4.78 is 11.9. The van der Waals surface area contributed by atoms with Gasteiger partial charge < -0.3 is 24.2 Å². The van der Waals surface area contributed by atoms with Crippen molar-refractivity contribution < 1.29 is 19.1 Å². The number of hydrogen-bond acceptors (Lipinski definition) is 9. The van der Waals surface area contributed by atoms with Gasteiger partial charge in [0, 0.05) is 36.7 Å². The van der Waals surface area contributed by atoms with E-state index in [1.807, 2.05) is 12.1 Å². The number of methoxy groups -OCH3 is 1. The van der Waals surface area contributed by atoms with Gasteiger partial charge in [-0.2, -0.15) is 15.2 Å². The molecule has 2 aliphatic heterocycles. The van der Waals surface area contributed by atoms with Gasteiger partial charge in [-0.15, -0.1) is 0 Å². The maximum Gasteiger partial charge on any atom is 0.319 e. The highest BCUT2D eigenvalue weighted by molar-refractivity contribution is 6.02. The fourth-order valence-corrected chi connectivity index (χ4v) is 7.50. The molecule has 6 rings (SSSR count). The minimum Gasteiger partial charge on any atom is -0.496 e. The number of nitrogens with zero attached hydrogens (tertiary/aromatic N) is 6. The number of ether oxygens (including phenoxy) is 2. The number of anilines is 1. The second kappa shape index (κ2) is 12.0. The Kier molecular flexibility index (Phi) is 8.10. The van der Waals surface area contributed by atoms with Crippen LogP contribution in [-0.2, 0) is 24.1 Å². The zero-order valence-electron chi connectivity index (χ0n) is 25.2. The number of carbonyl (C=O) groups excluding carboxylic acids is 2. The van der Waals surface area contributed by atoms with Crippen molar-refractivity contribution >= 4 is 17.5 Å². The van der Waals surface area contributed by atoms with E-state index in [1.165, 1.54) is 17.2 Å². The van der Waals surface area contributed by atoms with Crippen LogP contribution in [0, 0.1) is 16.7 Å². The first kappa shape index (κ1) is 29.1. The number of aromatic nitrogens is 2. The minimum atomic E-state index is -0.528. The number of Topliss-reactive ketones (excluding diaryl/α,β-unsaturated/α-hetero) is 1. The molecule has 2 aliphatic carbocycles. The molecule has 10 heteroatoms. The van der Waals surface area contributed by atoms with Crippen LogP contribution in [0.2, 0.25) is 0 Å². The molecule has 0 bridgehead atoms. The lowest BCUT2D eigenvalue weighted by Gasteiger charge is -2.43. The van der Waals surface area contributed by atoms with E-state index in [1.54, 1.807) is 12.0 Å². The van der Waals surface area contributed by atoms with Gasteiger partial charge in [0.05, 0.1) is 25.6 Å². The Morgan fingerprint density at radius 3 is 2.72 bits per heavy atom. The van der Waals surface area contributed by atoms with Crippen molar-refractivity contribution in [2.45, 2.75) is 63.5 Å². The number of likely N-dealkylation sites (tertiary alicyclic amines) is 1. The number of benzene rings is 1. The smallest absolute Gasteiger partial charge is 0.319 e. The summed E-state index contributed by atoms with van der Waals surface area (Å²) in [7, 11) is 3.79. The highest BCUT2D eigenvalue weighted by Gasteiger charge is 2.47. The Balaban J connectivity index is 1.35. The summed E-state index contributed by atoms with van der Waals surface area (Å²) in [6.07, 6.45) is 7.26. The first-order valence-electron chi connectivity index (χ1n) is 15.4. The molecule has 0 radical (unpaired) electrons. The van der Waals surface area contributed by atoms with Crippen LogP contribution in [0.1, 0.15) is 59.3 Å². The lowest BCUT2D eigenvalue weighted by molar-refractivity contribution is -0.128. The Labute approximate surface area is 253 Å². The van der Waals surface area contributed by atoms with Crippen molar-refractivity contribution in [1.82, 2.24) is 19.8 Å². The Bertz CT molecular complexity index is 1470. The fourth-order valence-electron chi connectivity index (χ4n) is 7.50. The van der Waals surface area contributed by atoms with Crippen LogP contribution in [0.4, 0.5) is 5.82 Å². The lowest BCUT2D eigenvalue weighted by Crippen LogP contribution is -2.55. The average molecular weight is 585 g/mol. The average Bonchev–Trinajstić information content (AvgIpc) is 3.45. The van der Waals surface area contributed by atoms with Gasteiger partial charge in [-0.3, -0.25) is 9.59 Å². The predicted molar refractivity (Wildman–Crippen MR) is 161 cm³/mol. The summed E-state index contributed by atoms with van der Waals surface area (Å²) in [6, 6.07) is 8.52. The number of carbonyl (C=O) groups is 2. The van der Waals surface area contributed by atoms with Crippen LogP contribution in [0.15, 0.2) is 30.9 Å². The SMILES string of the molecule is C=CC(=O)N1CCN(c2nc(OCC3CCCN3C)nc3c2CC[C@]2(CCc4c(cccc4OC)C2)C3=O)CC1CC#N. The van der Waals surface area contributed by atoms with Gasteiger partial charge in [0.1, 0.15) is 23.9 Å². The Morgan fingerprint density at radius 2 is 2.00 bits per heavy atom. The van der Waals surface area contributed by atoms with E-state index < -0.39 is 5.41 Å². The second-order valence-corrected chi connectivity index (χ2v) is 12.3. The van der Waals surface area contributed by atoms with Crippen LogP contribution >= 0.6 is 0 Å². The molecule has 226 valence electrons. The molecule has 1 aromatic heterocycles. The molecule has 10 nitrogen and oxygen atoms in total. The molecule has 3 atom stereocenters. The van der Waals surface area contributed by atoms with Crippen LogP contribution in [0.5, 0.6) is 11.8 Å². The Morgan fingerprint density at radius 1 is 1.19 bits per heavy atom. The molecular formula is C33H40N6O4. The topological polar surface area (TPSA) is 112 Å². The third-order valence-corrected chi connectivity index (χ3v) is 9.99. The van der Waals surface area contributed by atoms with Crippen LogP contribution in [0.3, 0.4) is 0 Å². The molecule has 1 aromatic carbocycles. The summed E-state index contributed by atoms with van der Waals surface area (Å²) in [6.45, 7) is 6.54. The van der Waals surface area contributed by atoms with Gasteiger partial charge in [0.2, 0.25) is 5.91 Å². The number of likely N-dealkylation sites (N-methyl/N-ethyl adjacent to an activating group) is 1. The van der Waals surface area contributed by atoms with E-state index in [9.17, 15) is 14.9 Å². The summed E-state index contributed by atoms with van der Waals surface area (Å²) in [5.41, 5.74) is 3.13. The molecule has 1 spiro atoms. The lowest BCUT2D eigenvalue weighted by atomic mass is 9.62. The normalized spacial score (nSPS) is 25.2. The summed E-state index contributed by atoms with van der Waals surface area (Å²) in [5, 5.41) is 9.52. The maximum absolute atomic E-state index is 14.5. The minimum absolute atomic E-state index is 0.0581. The molecule has 2 unspecified atom stereocenters. The molecule has 2 aromatic rings. The molecule has 4 aliphatic rings. The van der Waals surface area contributed by atoms with Crippen LogP contribution in [0.25, 0.3) is 0 Å². The number of piperazine rings is 1. The first-order valence-corrected chi connectivity index (χ1v) is 15.4. The van der Waals surface area contributed by atoms with E-state index in [4.69, 9.17) is 19.4 Å². The standard InChI is InChI=1S/C33H40N6O4/c1-4-28(40)39-18-17-38(20-23(39)12-15-34)31-26-11-14-33(13-10-25-22(19-33)7-5-9-27(25)42-3)30(41)29(26)35-32(36-31)43-21-24-8-6-16-37(24)2/h4-5,7,9,23-24H,1,6,8,10-14,16-21H2,2-3H3/t23?,24?,33-/m0/s1. The molecule has 2 saturated heterocycles. The van der Waals surface area contributed by atoms with Gasteiger partial charge in [0.15, 0.2) is 5.78 Å². The molecule has 1 amide bonds. The van der Waals surface area contributed by atoms with Crippen molar-refractivity contribution in [3.63, 3.8) is 0 Å². The summed E-state index contributed by atoms with van der Waals surface area (Å²) in [4.78, 5) is 42.8. The van der Waals surface area contributed by atoms with Crippen molar-refractivity contribution in [3.8, 4) is 17.8 Å². The molecule has 0 N–H and O–H groups in total. The van der Waals surface area contributed by atoms with Gasteiger partial charge in [0.25, 0.3) is 0 Å². The van der Waals surface area contributed by atoms with Crippen LogP contribution < -0.4 is 14.4 Å². The third kappa shape index (κ3) is 5.35. The highest BCUT2D eigenvalue weighted by atomic mass is 16.5. The fraction of sp³-hybridized carbons (Fsp3) is 0.545. The molecule has 3 heterocycles. The molecular weight excluding hydrogens is 544 g/mol. The molecule has 2 fully saturated rings. The van der Waals surface area contributed by atoms with E-state index in [2.05, 4.69) is 35.6 Å². The number of rotatable bonds is 7. The van der Waals surface area contributed by atoms with Crippen molar-refractivity contribution in [2.24, 2.45) is 5.41 Å². The van der Waals surface area contributed by atoms with Gasteiger partial charge in [-0.1, -0.05) is 18.7 Å². The van der Waals surface area contributed by atoms with E-state index >= 15 is 0 Å². The van der Waals surface area contributed by atoms with Gasteiger partial charge in [-0.25, -0.2) is 0 Å². The van der Waals surface area contributed by atoms with Crippen molar-refractivity contribution in [3.05, 3.63) is 53.2 Å². The van der Waals surface area contributed by atoms with E-state index in [-0.39, 0.29) is 36.2 Å². The number of amides is 1. The zero-order chi connectivity index (χ0) is 30.1. The number of hydrogen-bond donors (Lipinski definition) is 0. The second-order valence-electron chi connectivity index (χ2n) is 12.3. The van der Waals surface area contributed by atoms with Crippen molar-refractivity contribution in [2.75, 3.05) is 51.8 Å². The largest absolute Gasteiger partial charge is 0.496 e. The van der Waals surface area contributed by atoms with Crippen molar-refractivity contribution in [1.29, 1.82) is 5.26 Å². The van der Waals surface area contributed by atoms with E-state index in [0.717, 1.165) is 50.0 Å². The summed E-state index contributed by atoms with van der Waals surface area (Å²) >= 11 is 0. The number of ketones is 1. The predicted octanol–water partition coefficient (Wildman–Crippen LogP) is 3.38. The maximum atomic E-state index is 14.5. The van der Waals surface area contributed by atoms with Gasteiger partial charge in [-0.05, 0) is 81.8 Å². The van der Waals surface area contributed by atoms with Gasteiger partial charge >= 0.3 is 6.01 Å². The highest BCUT2D eigenvalue weighted by Crippen LogP contribution is 2.48.